The van der Waals surface area contributed by atoms with E-state index in [-0.39, 0.29) is 18.7 Å². The van der Waals surface area contributed by atoms with Crippen molar-refractivity contribution in [2.75, 3.05) is 11.6 Å². The molecule has 0 aliphatic heterocycles. The monoisotopic (exact) mass is 336 g/mol. The van der Waals surface area contributed by atoms with Crippen molar-refractivity contribution in [1.29, 1.82) is 0 Å². The SMILES string of the molecule is CSCc1noc(CNC(=O)Nc2cccc(OC(C)C)c2)n1. The van der Waals surface area contributed by atoms with E-state index in [1.807, 2.05) is 32.2 Å². The van der Waals surface area contributed by atoms with Crippen LogP contribution in [0.4, 0.5) is 10.5 Å². The number of ether oxygens (including phenoxy) is 1. The Morgan fingerprint density at radius 1 is 1.43 bits per heavy atom. The number of hydrogen-bond donors (Lipinski definition) is 2. The minimum absolute atomic E-state index is 0.0760. The molecule has 2 amide bonds. The summed E-state index contributed by atoms with van der Waals surface area (Å²) in [4.78, 5) is 16.1. The van der Waals surface area contributed by atoms with Gasteiger partial charge in [0, 0.05) is 11.8 Å². The summed E-state index contributed by atoms with van der Waals surface area (Å²) in [5.41, 5.74) is 0.647. The number of rotatable bonds is 7. The fourth-order valence-electron chi connectivity index (χ4n) is 1.80. The summed E-state index contributed by atoms with van der Waals surface area (Å²) in [6.45, 7) is 4.07. The molecular formula is C15H20N4O3S. The van der Waals surface area contributed by atoms with Gasteiger partial charge in [-0.1, -0.05) is 11.2 Å². The van der Waals surface area contributed by atoms with Crippen LogP contribution in [0.2, 0.25) is 0 Å². The lowest BCUT2D eigenvalue weighted by atomic mass is 10.3. The Labute approximate surface area is 139 Å². The first-order valence-corrected chi connectivity index (χ1v) is 8.58. The molecule has 1 heterocycles. The van der Waals surface area contributed by atoms with Gasteiger partial charge < -0.3 is 19.9 Å². The highest BCUT2D eigenvalue weighted by Crippen LogP contribution is 2.18. The van der Waals surface area contributed by atoms with Crippen molar-refractivity contribution in [3.05, 3.63) is 36.0 Å². The lowest BCUT2D eigenvalue weighted by Gasteiger charge is -2.11. The Kier molecular flexibility index (Phi) is 6.28. The minimum atomic E-state index is -0.351. The average molecular weight is 336 g/mol. The lowest BCUT2D eigenvalue weighted by molar-refractivity contribution is 0.242. The number of nitrogens with one attached hydrogen (secondary N) is 2. The molecular weight excluding hydrogens is 316 g/mol. The van der Waals surface area contributed by atoms with Crippen LogP contribution < -0.4 is 15.4 Å². The maximum atomic E-state index is 11.9. The zero-order valence-corrected chi connectivity index (χ0v) is 14.1. The van der Waals surface area contributed by atoms with Crippen molar-refractivity contribution in [2.24, 2.45) is 0 Å². The molecule has 0 aliphatic carbocycles. The number of thioether (sulfide) groups is 1. The summed E-state index contributed by atoms with van der Waals surface area (Å²) in [5, 5.41) is 9.21. The summed E-state index contributed by atoms with van der Waals surface area (Å²) in [5.74, 6) is 2.38. The summed E-state index contributed by atoms with van der Waals surface area (Å²) in [6, 6.07) is 6.87. The van der Waals surface area contributed by atoms with E-state index in [1.54, 1.807) is 23.9 Å². The van der Waals surface area contributed by atoms with Gasteiger partial charge in [0.2, 0.25) is 5.89 Å². The van der Waals surface area contributed by atoms with Gasteiger partial charge in [0.15, 0.2) is 5.82 Å². The Bertz CT molecular complexity index is 645. The topological polar surface area (TPSA) is 89.3 Å². The van der Waals surface area contributed by atoms with Crippen LogP contribution in [0.3, 0.4) is 0 Å². The molecule has 0 unspecified atom stereocenters. The fourth-order valence-corrected chi connectivity index (χ4v) is 2.18. The first kappa shape index (κ1) is 17.1. The van der Waals surface area contributed by atoms with E-state index >= 15 is 0 Å². The molecule has 23 heavy (non-hydrogen) atoms. The van der Waals surface area contributed by atoms with Crippen molar-refractivity contribution < 1.29 is 14.1 Å². The fraction of sp³-hybridized carbons (Fsp3) is 0.400. The first-order chi connectivity index (χ1) is 11.1. The average Bonchev–Trinajstić information content (AvgIpc) is 2.93. The molecule has 124 valence electrons. The van der Waals surface area contributed by atoms with Crippen LogP contribution in [-0.2, 0) is 12.3 Å². The second-order valence-corrected chi connectivity index (χ2v) is 5.91. The van der Waals surface area contributed by atoms with Crippen LogP contribution in [0.1, 0.15) is 25.6 Å². The molecule has 1 aromatic heterocycles. The molecule has 2 N–H and O–H groups in total. The Hall–Kier alpha value is -2.22. The van der Waals surface area contributed by atoms with E-state index in [0.29, 0.717) is 28.9 Å². The second kappa shape index (κ2) is 8.42. The number of aromatic nitrogens is 2. The zero-order chi connectivity index (χ0) is 16.7. The molecule has 0 bridgehead atoms. The molecule has 2 rings (SSSR count). The molecule has 7 nitrogen and oxygen atoms in total. The van der Waals surface area contributed by atoms with Gasteiger partial charge >= 0.3 is 6.03 Å². The standard InChI is InChI=1S/C15H20N4O3S/c1-10(2)21-12-6-4-5-11(7-12)17-15(20)16-8-14-18-13(9-23-3)19-22-14/h4-7,10H,8-9H2,1-3H3,(H2,16,17,20). The molecule has 2 aromatic rings. The number of hydrogen-bond acceptors (Lipinski definition) is 6. The van der Waals surface area contributed by atoms with Crippen LogP contribution in [0.5, 0.6) is 5.75 Å². The number of urea groups is 1. The maximum absolute atomic E-state index is 11.9. The van der Waals surface area contributed by atoms with E-state index in [9.17, 15) is 4.79 Å². The molecule has 0 aliphatic rings. The third kappa shape index (κ3) is 5.82. The molecule has 1 aromatic carbocycles. The quantitative estimate of drug-likeness (QED) is 0.808. The van der Waals surface area contributed by atoms with Crippen LogP contribution in [0, 0.1) is 0 Å². The van der Waals surface area contributed by atoms with Gasteiger partial charge in [-0.3, -0.25) is 0 Å². The second-order valence-electron chi connectivity index (χ2n) is 5.04. The number of carbonyl (C=O) groups excluding carboxylic acids is 1. The van der Waals surface area contributed by atoms with Gasteiger partial charge in [0.05, 0.1) is 18.4 Å². The van der Waals surface area contributed by atoms with Gasteiger partial charge in [0.1, 0.15) is 5.75 Å². The predicted octanol–water partition coefficient (Wildman–Crippen LogP) is 3.04. The van der Waals surface area contributed by atoms with Crippen molar-refractivity contribution in [1.82, 2.24) is 15.5 Å². The van der Waals surface area contributed by atoms with Gasteiger partial charge in [-0.25, -0.2) is 4.79 Å². The molecule has 0 radical (unpaired) electrons. The van der Waals surface area contributed by atoms with Gasteiger partial charge in [-0.2, -0.15) is 16.7 Å². The van der Waals surface area contributed by atoms with Crippen molar-refractivity contribution in [3.8, 4) is 5.75 Å². The van der Waals surface area contributed by atoms with Crippen molar-refractivity contribution in [3.63, 3.8) is 0 Å². The largest absolute Gasteiger partial charge is 0.491 e. The Balaban J connectivity index is 1.84. The van der Waals surface area contributed by atoms with E-state index in [4.69, 9.17) is 9.26 Å². The number of anilines is 1. The molecule has 0 saturated carbocycles. The number of amides is 2. The van der Waals surface area contributed by atoms with Crippen LogP contribution in [0.15, 0.2) is 28.8 Å². The summed E-state index contributed by atoms with van der Waals surface area (Å²) in [6.07, 6.45) is 2.03. The highest BCUT2D eigenvalue weighted by molar-refractivity contribution is 7.97. The van der Waals surface area contributed by atoms with Crippen LogP contribution in [-0.4, -0.2) is 28.5 Å². The third-order valence-electron chi connectivity index (χ3n) is 2.65. The summed E-state index contributed by atoms with van der Waals surface area (Å²) >= 11 is 1.60. The number of benzene rings is 1. The van der Waals surface area contributed by atoms with Crippen molar-refractivity contribution in [2.45, 2.75) is 32.2 Å². The zero-order valence-electron chi connectivity index (χ0n) is 13.3. The molecule has 8 heteroatoms. The summed E-state index contributed by atoms with van der Waals surface area (Å²) in [7, 11) is 0. The molecule has 0 fully saturated rings. The first-order valence-electron chi connectivity index (χ1n) is 7.19. The molecule has 0 spiro atoms. The number of nitrogens with zero attached hydrogens (tertiary/aromatic N) is 2. The summed E-state index contributed by atoms with van der Waals surface area (Å²) < 4.78 is 10.6. The Morgan fingerprint density at radius 3 is 3.00 bits per heavy atom. The van der Waals surface area contributed by atoms with E-state index in [1.165, 1.54) is 0 Å². The normalized spacial score (nSPS) is 10.6. The van der Waals surface area contributed by atoms with Gasteiger partial charge in [-0.15, -0.1) is 0 Å². The number of carbonyl (C=O) groups is 1. The Morgan fingerprint density at radius 2 is 2.26 bits per heavy atom. The smallest absolute Gasteiger partial charge is 0.319 e. The highest BCUT2D eigenvalue weighted by Gasteiger charge is 2.08. The molecule has 0 atom stereocenters. The lowest BCUT2D eigenvalue weighted by Crippen LogP contribution is -2.28. The van der Waals surface area contributed by atoms with E-state index in [2.05, 4.69) is 20.8 Å². The third-order valence-corrected chi connectivity index (χ3v) is 3.19. The van der Waals surface area contributed by atoms with E-state index in [0.717, 1.165) is 0 Å². The van der Waals surface area contributed by atoms with E-state index < -0.39 is 0 Å². The van der Waals surface area contributed by atoms with Gasteiger partial charge in [-0.05, 0) is 32.2 Å². The minimum Gasteiger partial charge on any atom is -0.491 e. The predicted molar refractivity (Wildman–Crippen MR) is 89.6 cm³/mol. The molecule has 0 saturated heterocycles. The van der Waals surface area contributed by atoms with Crippen molar-refractivity contribution >= 4 is 23.5 Å². The maximum Gasteiger partial charge on any atom is 0.319 e. The van der Waals surface area contributed by atoms with Crippen LogP contribution >= 0.6 is 11.8 Å². The van der Waals surface area contributed by atoms with Gasteiger partial charge in [0.25, 0.3) is 0 Å². The van der Waals surface area contributed by atoms with Crippen LogP contribution in [0.25, 0.3) is 0 Å². The highest BCUT2D eigenvalue weighted by atomic mass is 32.2.